The van der Waals surface area contributed by atoms with Gasteiger partial charge in [0, 0.05) is 55.3 Å². The van der Waals surface area contributed by atoms with E-state index in [-0.39, 0.29) is 26.5 Å². The minimum atomic E-state index is -0.184. The van der Waals surface area contributed by atoms with Crippen LogP contribution in [-0.4, -0.2) is 14.1 Å². The van der Waals surface area contributed by atoms with Gasteiger partial charge in [-0.2, -0.15) is 18.2 Å². The van der Waals surface area contributed by atoms with Crippen LogP contribution in [0.25, 0.3) is 128 Å². The maximum atomic E-state index is 6.89. The number of hydrogen-bond acceptors (Lipinski definition) is 2. The van der Waals surface area contributed by atoms with Crippen molar-refractivity contribution < 1.29 is 30.4 Å². The summed E-state index contributed by atoms with van der Waals surface area (Å²) in [6, 6.07) is 109. The van der Waals surface area contributed by atoms with E-state index in [1.807, 2.05) is 24.4 Å². The molecule has 0 N–H and O–H groups in total. The molecule has 5 nitrogen and oxygen atoms in total. The zero-order valence-electron chi connectivity index (χ0n) is 47.7. The van der Waals surface area contributed by atoms with Gasteiger partial charge in [-0.3, -0.25) is 4.57 Å². The quantitative estimate of drug-likeness (QED) is 0.0956. The summed E-state index contributed by atoms with van der Waals surface area (Å²) in [4.78, 5) is 5.16. The summed E-state index contributed by atoms with van der Waals surface area (Å²) in [6.45, 7) is 4.61. The van der Waals surface area contributed by atoms with Crippen LogP contribution in [0.15, 0.2) is 291 Å². The fourth-order valence-electron chi connectivity index (χ4n) is 13.1. The summed E-state index contributed by atoms with van der Waals surface area (Å²) in [6.07, 6.45) is 5.89. The topological polar surface area (TPSA) is 35.9 Å². The van der Waals surface area contributed by atoms with Crippen LogP contribution in [-0.2, 0) is 26.5 Å². The maximum absolute atomic E-state index is 6.89. The van der Waals surface area contributed by atoms with Gasteiger partial charge in [0.15, 0.2) is 0 Å². The van der Waals surface area contributed by atoms with Gasteiger partial charge in [0.05, 0.1) is 16.7 Å². The molecule has 3 heterocycles. The van der Waals surface area contributed by atoms with Crippen LogP contribution in [0, 0.1) is 18.5 Å². The van der Waals surface area contributed by atoms with E-state index in [2.05, 4.69) is 313 Å². The average Bonchev–Trinajstić information content (AvgIpc) is 1.63. The second-order valence-corrected chi connectivity index (χ2v) is 22.7. The monoisotopic (exact) mass is 1290 g/mol. The van der Waals surface area contributed by atoms with Crippen molar-refractivity contribution in [3.63, 3.8) is 0 Å². The molecule has 0 unspecified atom stereocenters. The van der Waals surface area contributed by atoms with Crippen LogP contribution in [0.4, 0.5) is 0 Å². The number of rotatable bonds is 11. The molecule has 0 amide bonds. The summed E-state index contributed by atoms with van der Waals surface area (Å²) in [7, 11) is 0. The van der Waals surface area contributed by atoms with Gasteiger partial charge in [-0.1, -0.05) is 226 Å². The second-order valence-electron chi connectivity index (χ2n) is 22.7. The van der Waals surface area contributed by atoms with Crippen LogP contribution in [0.1, 0.15) is 25.0 Å². The van der Waals surface area contributed by atoms with Gasteiger partial charge in [-0.15, -0.1) is 29.7 Å². The molecule has 0 bridgehead atoms. The van der Waals surface area contributed by atoms with Crippen LogP contribution in [0.3, 0.4) is 0 Å². The van der Waals surface area contributed by atoms with Gasteiger partial charge in [0.2, 0.25) is 0 Å². The van der Waals surface area contributed by atoms with Crippen molar-refractivity contribution in [1.82, 2.24) is 14.1 Å². The third-order valence-electron chi connectivity index (χ3n) is 17.2. The molecule has 0 saturated heterocycles. The minimum Gasteiger partial charge on any atom is -0.510 e. The first-order valence-electron chi connectivity index (χ1n) is 29.3. The molecule has 0 fully saturated rings. The number of fused-ring (bicyclic) bond motifs is 7. The summed E-state index contributed by atoms with van der Waals surface area (Å²) in [5.41, 5.74) is 23.8. The molecule has 0 spiro atoms. The Labute approximate surface area is 520 Å². The fraction of sp³-hybridized carbons (Fsp3) is 0.0370. The van der Waals surface area contributed by atoms with E-state index in [9.17, 15) is 0 Å². The first kappa shape index (κ1) is 53.3. The number of hydrogen-bond donors (Lipinski definition) is 0. The number of para-hydroxylation sites is 4. The molecule has 16 rings (SSSR count). The predicted octanol–water partition coefficient (Wildman–Crippen LogP) is 19.9. The Balaban J connectivity index is 0.00000638. The number of nitrogens with zero attached hydrogens (tertiary/aromatic N) is 4. The molecule has 0 atom stereocenters. The normalized spacial score (nSPS) is 12.3. The standard InChI is InChI=1S/C81H54N4O.Pt/c1-81(2)72-37-17-15-34-71(72)78-73(81)43-44-82-80(78)85-74-38-18-16-33-69(74)70-42-41-66(52-77(70)85)86-65-32-21-31-64(51-65)83-53-84(76-40-20-19-39-75(76)83)79-67(62-47-58(54-23-7-3-8-24-54)45-59(48-62)55-25-9-4-10-26-55)35-22-36-68(79)63-49-60(56-27-11-5-12-28-56)46-61(50-63)57-29-13-6-14-30-57;/h3-50H,1-2H3;/q-2;. The zero-order valence-corrected chi connectivity index (χ0v) is 50.0. The van der Waals surface area contributed by atoms with Crippen molar-refractivity contribution in [2.75, 3.05) is 0 Å². The largest absolute Gasteiger partial charge is 0.510 e. The van der Waals surface area contributed by atoms with E-state index >= 15 is 0 Å². The molecule has 3 aromatic heterocycles. The van der Waals surface area contributed by atoms with E-state index < -0.39 is 0 Å². The van der Waals surface area contributed by atoms with Gasteiger partial charge in [0.25, 0.3) is 6.33 Å². The van der Waals surface area contributed by atoms with E-state index in [4.69, 9.17) is 9.72 Å². The SMILES string of the molecule is CC1(C)c2ccccc2-c2c1ccnc2-n1c2[c-]c(Oc3[c-]c(-n4[c-][n+](-c5c(-c6cc(-c7ccccc7)cc(-c7ccccc7)c6)cccc5-c5cc(-c6ccccc6)cc(-c6ccccc6)c5)c5ccccc54)ccc3)ccc2c2ccccc21.[Pt]. The molecule has 12 aromatic carbocycles. The van der Waals surface area contributed by atoms with Crippen molar-refractivity contribution in [2.24, 2.45) is 0 Å². The van der Waals surface area contributed by atoms with E-state index in [0.717, 1.165) is 122 Å². The van der Waals surface area contributed by atoms with Crippen molar-refractivity contribution in [1.29, 1.82) is 0 Å². The van der Waals surface area contributed by atoms with Gasteiger partial charge in [-0.25, -0.2) is 4.98 Å². The van der Waals surface area contributed by atoms with Crippen molar-refractivity contribution in [3.8, 4) is 107 Å². The van der Waals surface area contributed by atoms with Gasteiger partial charge in [0.1, 0.15) is 5.82 Å². The van der Waals surface area contributed by atoms with Gasteiger partial charge in [-0.05, 0) is 143 Å². The third kappa shape index (κ3) is 9.31. The number of benzene rings is 12. The van der Waals surface area contributed by atoms with Crippen LogP contribution < -0.4 is 9.30 Å². The molecule has 0 aliphatic heterocycles. The molecule has 15 aromatic rings. The Bertz CT molecular complexity index is 4850. The summed E-state index contributed by atoms with van der Waals surface area (Å²) < 4.78 is 13.5. The smallest absolute Gasteiger partial charge is 0.268 e. The van der Waals surface area contributed by atoms with Crippen molar-refractivity contribution in [3.05, 3.63) is 321 Å². The summed E-state index contributed by atoms with van der Waals surface area (Å²) in [5.74, 6) is 1.99. The molecule has 87 heavy (non-hydrogen) atoms. The summed E-state index contributed by atoms with van der Waals surface area (Å²) >= 11 is 0. The Morgan fingerprint density at radius 3 is 1.51 bits per heavy atom. The summed E-state index contributed by atoms with van der Waals surface area (Å²) in [5, 5.41) is 2.19. The van der Waals surface area contributed by atoms with Crippen molar-refractivity contribution in [2.45, 2.75) is 19.3 Å². The van der Waals surface area contributed by atoms with Crippen LogP contribution in [0.2, 0.25) is 0 Å². The maximum Gasteiger partial charge on any atom is 0.268 e. The Kier molecular flexibility index (Phi) is 13.4. The molecule has 1 aliphatic carbocycles. The van der Waals surface area contributed by atoms with E-state index in [0.29, 0.717) is 11.5 Å². The Morgan fingerprint density at radius 2 is 0.897 bits per heavy atom. The van der Waals surface area contributed by atoms with Gasteiger partial charge >= 0.3 is 0 Å². The Morgan fingerprint density at radius 1 is 0.402 bits per heavy atom. The molecule has 1 aliphatic rings. The zero-order chi connectivity index (χ0) is 57.3. The van der Waals surface area contributed by atoms with Crippen LogP contribution in [0.5, 0.6) is 11.5 Å². The first-order valence-corrected chi connectivity index (χ1v) is 29.3. The second kappa shape index (κ2) is 21.9. The number of aromatic nitrogens is 4. The number of pyridine rings is 1. The molecular formula is C81H54N4OPt-2. The number of imidazole rings is 1. The first-order chi connectivity index (χ1) is 42.4. The Hall–Kier alpha value is -10.5. The predicted molar refractivity (Wildman–Crippen MR) is 350 cm³/mol. The average molecular weight is 1290 g/mol. The van der Waals surface area contributed by atoms with E-state index in [1.165, 1.54) is 16.7 Å². The third-order valence-corrected chi connectivity index (χ3v) is 17.2. The van der Waals surface area contributed by atoms with Crippen LogP contribution >= 0.6 is 0 Å². The molecule has 416 valence electrons. The minimum absolute atomic E-state index is 0. The molecule has 0 saturated carbocycles. The molecular weight excluding hydrogens is 1240 g/mol. The molecule has 6 heteroatoms. The molecule has 0 radical (unpaired) electrons. The fourth-order valence-corrected chi connectivity index (χ4v) is 13.1. The van der Waals surface area contributed by atoms with Gasteiger partial charge < -0.3 is 13.9 Å². The van der Waals surface area contributed by atoms with E-state index in [1.54, 1.807) is 0 Å². The van der Waals surface area contributed by atoms with Crippen molar-refractivity contribution >= 4 is 32.8 Å². The number of ether oxygens (including phenoxy) is 1.